The molecule has 3 aliphatic heterocycles. The molecule has 0 radical (unpaired) electrons. The molecule has 3 N–H and O–H groups in total. The van der Waals surface area contributed by atoms with Crippen molar-refractivity contribution in [2.75, 3.05) is 31.2 Å². The number of aliphatic hydroxyl groups excluding tert-OH is 1. The Morgan fingerprint density at radius 1 is 0.900 bits per heavy atom. The van der Waals surface area contributed by atoms with Gasteiger partial charge in [-0.15, -0.1) is 0 Å². The molecule has 4 aromatic carbocycles. The zero-order chi connectivity index (χ0) is 34.7. The molecule has 9 nitrogen and oxygen atoms in total. The summed E-state index contributed by atoms with van der Waals surface area (Å²) in [6.45, 7) is 7.00. The van der Waals surface area contributed by atoms with E-state index in [9.17, 15) is 14.7 Å². The number of benzene rings is 4. The van der Waals surface area contributed by atoms with Gasteiger partial charge in [0.1, 0.15) is 5.54 Å². The molecule has 3 fully saturated rings. The highest BCUT2D eigenvalue weighted by atomic mass is 16.7. The lowest BCUT2D eigenvalue weighted by molar-refractivity contribution is -0.276. The summed E-state index contributed by atoms with van der Waals surface area (Å²) in [5.41, 5.74) is 6.54. The fourth-order valence-electron chi connectivity index (χ4n) is 7.72. The van der Waals surface area contributed by atoms with Crippen LogP contribution in [0.15, 0.2) is 103 Å². The summed E-state index contributed by atoms with van der Waals surface area (Å²) in [4.78, 5) is 29.5. The lowest BCUT2D eigenvalue weighted by atomic mass is 9.84. The second-order valence-electron chi connectivity index (χ2n) is 13.8. The summed E-state index contributed by atoms with van der Waals surface area (Å²) in [7, 11) is 0. The van der Waals surface area contributed by atoms with E-state index in [-0.39, 0.29) is 36.5 Å². The Morgan fingerprint density at radius 2 is 1.58 bits per heavy atom. The minimum absolute atomic E-state index is 0.00775. The first-order valence-electron chi connectivity index (χ1n) is 17.6. The zero-order valence-corrected chi connectivity index (χ0v) is 28.8. The Hall–Kier alpha value is -4.54. The van der Waals surface area contributed by atoms with E-state index < -0.39 is 11.8 Å². The lowest BCUT2D eigenvalue weighted by Crippen LogP contribution is -2.57. The average Bonchev–Trinajstić information content (AvgIpc) is 3.47. The van der Waals surface area contributed by atoms with Crippen LogP contribution in [0.5, 0.6) is 0 Å². The van der Waals surface area contributed by atoms with E-state index in [1.807, 2.05) is 60.7 Å². The van der Waals surface area contributed by atoms with Gasteiger partial charge in [-0.3, -0.25) is 9.59 Å². The first-order valence-corrected chi connectivity index (χ1v) is 17.6. The van der Waals surface area contributed by atoms with Gasteiger partial charge in [0.15, 0.2) is 6.29 Å². The second-order valence-corrected chi connectivity index (χ2v) is 13.8. The van der Waals surface area contributed by atoms with Gasteiger partial charge in [-0.05, 0) is 52.8 Å². The molecule has 0 aliphatic carbocycles. The molecule has 3 saturated heterocycles. The summed E-state index contributed by atoms with van der Waals surface area (Å²) in [6, 6.07) is 34.6. The van der Waals surface area contributed by atoms with Crippen molar-refractivity contribution in [1.82, 2.24) is 15.5 Å². The number of hydrogen-bond donors (Lipinski definition) is 3. The molecule has 3 aliphatic rings. The molecule has 0 saturated carbocycles. The fraction of sp³-hybridized carbons (Fsp3) is 0.366. The number of carbonyl (C=O) groups is 2. The summed E-state index contributed by atoms with van der Waals surface area (Å²) in [6.07, 6.45) is 0.575. The van der Waals surface area contributed by atoms with Crippen molar-refractivity contribution in [3.63, 3.8) is 0 Å². The highest BCUT2D eigenvalue weighted by molar-refractivity contribution is 5.93. The molecule has 0 bridgehead atoms. The summed E-state index contributed by atoms with van der Waals surface area (Å²) < 4.78 is 13.5. The number of piperidine rings is 1. The molecule has 3 heterocycles. The average molecular weight is 675 g/mol. The van der Waals surface area contributed by atoms with Gasteiger partial charge < -0.3 is 35.0 Å². The molecule has 260 valence electrons. The minimum Gasteiger partial charge on any atom is -0.392 e. The van der Waals surface area contributed by atoms with Crippen LogP contribution in [-0.4, -0.2) is 59.8 Å². The smallest absolute Gasteiger partial charge is 0.247 e. The van der Waals surface area contributed by atoms with Crippen molar-refractivity contribution in [2.45, 2.75) is 63.9 Å². The Bertz CT molecular complexity index is 1770. The highest BCUT2D eigenvalue weighted by Crippen LogP contribution is 2.43. The van der Waals surface area contributed by atoms with Crippen molar-refractivity contribution in [2.24, 2.45) is 5.92 Å². The normalized spacial score (nSPS) is 23.5. The summed E-state index contributed by atoms with van der Waals surface area (Å²) >= 11 is 0. The van der Waals surface area contributed by atoms with Crippen molar-refractivity contribution >= 4 is 17.5 Å². The molecular weight excluding hydrogens is 628 g/mol. The standard InChI is InChI=1S/C41H46N4O5/c1-28-37(25-44-22-20-41(21-23-44)40(48)43-27-45(41)35-9-4-3-5-10-35)49-39(50-38(28)32-14-12-30(26-46)13-15-32)33-18-16-31(17-19-33)36-11-7-6-8-34(36)24-42-29(2)47/h3-19,28,37-39,46H,20-27H2,1-2H3,(H,42,47)(H,43,48)/t28-,37+,38+,39+/m0/s1. The molecule has 0 aromatic heterocycles. The molecule has 9 heteroatoms. The van der Waals surface area contributed by atoms with E-state index >= 15 is 0 Å². The third-order valence-electron chi connectivity index (χ3n) is 10.7. The summed E-state index contributed by atoms with van der Waals surface area (Å²) in [5.74, 6) is 0.107. The number of hydrogen-bond acceptors (Lipinski definition) is 7. The van der Waals surface area contributed by atoms with E-state index in [1.54, 1.807) is 0 Å². The number of aliphatic hydroxyl groups is 1. The highest BCUT2D eigenvalue weighted by Gasteiger charge is 2.51. The van der Waals surface area contributed by atoms with Crippen molar-refractivity contribution in [1.29, 1.82) is 0 Å². The molecule has 4 aromatic rings. The molecule has 50 heavy (non-hydrogen) atoms. The molecule has 0 unspecified atom stereocenters. The topological polar surface area (TPSA) is 103 Å². The number of nitrogens with one attached hydrogen (secondary N) is 2. The van der Waals surface area contributed by atoms with E-state index in [4.69, 9.17) is 9.47 Å². The number of para-hydroxylation sites is 1. The maximum atomic E-state index is 13.3. The van der Waals surface area contributed by atoms with Crippen LogP contribution in [0.25, 0.3) is 11.1 Å². The number of ether oxygens (including phenoxy) is 2. The van der Waals surface area contributed by atoms with Gasteiger partial charge in [-0.25, -0.2) is 0 Å². The Labute approximate surface area is 294 Å². The van der Waals surface area contributed by atoms with Gasteiger partial charge in [0, 0.05) is 50.3 Å². The van der Waals surface area contributed by atoms with E-state index in [1.165, 1.54) is 6.92 Å². The zero-order valence-electron chi connectivity index (χ0n) is 28.8. The van der Waals surface area contributed by atoms with E-state index in [2.05, 4.69) is 69.8 Å². The quantitative estimate of drug-likeness (QED) is 0.209. The molecule has 1 spiro atoms. The minimum atomic E-state index is -0.576. The number of likely N-dealkylation sites (tertiary alicyclic amines) is 1. The van der Waals surface area contributed by atoms with Gasteiger partial charge >= 0.3 is 0 Å². The van der Waals surface area contributed by atoms with Crippen LogP contribution >= 0.6 is 0 Å². The first-order chi connectivity index (χ1) is 24.3. The van der Waals surface area contributed by atoms with E-state index in [0.717, 1.165) is 71.5 Å². The number of rotatable bonds is 9. The third-order valence-corrected chi connectivity index (χ3v) is 10.7. The summed E-state index contributed by atoms with van der Waals surface area (Å²) in [5, 5.41) is 15.7. The van der Waals surface area contributed by atoms with Crippen LogP contribution in [0.4, 0.5) is 5.69 Å². The van der Waals surface area contributed by atoms with Crippen molar-refractivity contribution < 1.29 is 24.2 Å². The van der Waals surface area contributed by atoms with Crippen LogP contribution in [0.2, 0.25) is 0 Å². The number of amides is 2. The largest absolute Gasteiger partial charge is 0.392 e. The van der Waals surface area contributed by atoms with Crippen molar-refractivity contribution in [3.8, 4) is 11.1 Å². The first kappa shape index (κ1) is 33.9. The van der Waals surface area contributed by atoms with Crippen LogP contribution in [-0.2, 0) is 32.2 Å². The molecule has 2 amide bonds. The van der Waals surface area contributed by atoms with Crippen molar-refractivity contribution in [3.05, 3.63) is 125 Å². The number of anilines is 1. The third kappa shape index (κ3) is 6.91. The maximum Gasteiger partial charge on any atom is 0.247 e. The Balaban J connectivity index is 1.10. The molecule has 7 rings (SSSR count). The Morgan fingerprint density at radius 3 is 2.28 bits per heavy atom. The Kier molecular flexibility index (Phi) is 10.0. The molecular formula is C41H46N4O5. The van der Waals surface area contributed by atoms with E-state index in [0.29, 0.717) is 13.2 Å². The second kappa shape index (κ2) is 14.7. The van der Waals surface area contributed by atoms with Crippen LogP contribution in [0.3, 0.4) is 0 Å². The fourth-order valence-corrected chi connectivity index (χ4v) is 7.72. The van der Waals surface area contributed by atoms with Gasteiger partial charge in [-0.2, -0.15) is 0 Å². The van der Waals surface area contributed by atoms with Gasteiger partial charge in [-0.1, -0.05) is 97.9 Å². The van der Waals surface area contributed by atoms with Gasteiger partial charge in [0.25, 0.3) is 0 Å². The predicted octanol–water partition coefficient (Wildman–Crippen LogP) is 5.70. The van der Waals surface area contributed by atoms with Gasteiger partial charge in [0.05, 0.1) is 25.5 Å². The monoisotopic (exact) mass is 674 g/mol. The van der Waals surface area contributed by atoms with Crippen LogP contribution in [0, 0.1) is 5.92 Å². The van der Waals surface area contributed by atoms with Crippen LogP contribution < -0.4 is 15.5 Å². The lowest BCUT2D eigenvalue weighted by Gasteiger charge is -2.46. The predicted molar refractivity (Wildman–Crippen MR) is 193 cm³/mol. The SMILES string of the molecule is CC(=O)NCc1ccccc1-c1ccc([C@@H]2O[C@H](CN3CCC4(CC3)C(=O)NCN4c3ccccc3)[C@H](C)[C@H](c3ccc(CO)cc3)O2)cc1. The van der Waals surface area contributed by atoms with Crippen LogP contribution in [0.1, 0.15) is 61.3 Å². The van der Waals surface area contributed by atoms with Gasteiger partial charge in [0.2, 0.25) is 11.8 Å². The number of carbonyl (C=O) groups excluding carboxylic acids is 2. The molecule has 4 atom stereocenters. The number of nitrogens with zero attached hydrogens (tertiary/aromatic N) is 2. The maximum absolute atomic E-state index is 13.3.